The molecular formula is C31H44N2O9. The normalized spacial score (nSPS) is 21.0. The first-order valence-electron chi connectivity index (χ1n) is 14.5. The van der Waals surface area contributed by atoms with Gasteiger partial charge in [-0.2, -0.15) is 0 Å². The number of nitrogens with zero attached hydrogens (tertiary/aromatic N) is 2. The largest absolute Gasteiger partial charge is 0.494 e. The van der Waals surface area contributed by atoms with Gasteiger partial charge >= 0.3 is 6.09 Å². The third kappa shape index (κ3) is 8.48. The fourth-order valence-corrected chi connectivity index (χ4v) is 5.55. The van der Waals surface area contributed by atoms with Crippen LogP contribution in [0.4, 0.5) is 10.5 Å². The van der Waals surface area contributed by atoms with E-state index in [-0.39, 0.29) is 38.8 Å². The molecule has 0 bridgehead atoms. The van der Waals surface area contributed by atoms with Crippen LogP contribution in [0.3, 0.4) is 0 Å². The number of aliphatic hydroxyl groups is 1. The van der Waals surface area contributed by atoms with Gasteiger partial charge in [0.25, 0.3) is 0 Å². The smallest absolute Gasteiger partial charge is 0.407 e. The summed E-state index contributed by atoms with van der Waals surface area (Å²) in [5.41, 5.74) is 2.93. The number of aliphatic hydroxyl groups excluding tert-OH is 1. The van der Waals surface area contributed by atoms with Crippen LogP contribution in [0.5, 0.6) is 11.5 Å². The van der Waals surface area contributed by atoms with Gasteiger partial charge in [0.15, 0.2) is 0 Å². The number of likely N-dealkylation sites (tertiary alicyclic amines) is 1. The van der Waals surface area contributed by atoms with Crippen molar-refractivity contribution < 1.29 is 43.4 Å². The highest BCUT2D eigenvalue weighted by Crippen LogP contribution is 2.36. The monoisotopic (exact) mass is 588 g/mol. The second-order valence-electron chi connectivity index (χ2n) is 10.5. The summed E-state index contributed by atoms with van der Waals surface area (Å²) >= 11 is 0. The first kappa shape index (κ1) is 31.8. The Morgan fingerprint density at radius 2 is 1.81 bits per heavy atom. The minimum atomic E-state index is -1.04. The molecule has 4 atom stereocenters. The fourth-order valence-electron chi connectivity index (χ4n) is 5.55. The number of methoxy groups -OCH3 is 2. The number of hydrogen-bond acceptors (Lipinski definition) is 9. The Hall–Kier alpha value is -3.09. The zero-order valence-corrected chi connectivity index (χ0v) is 24.8. The van der Waals surface area contributed by atoms with Crippen molar-refractivity contribution >= 4 is 11.8 Å². The molecule has 4 rings (SSSR count). The number of carbonyl (C=O) groups is 1. The molecule has 11 nitrogen and oxygen atoms in total. The number of ether oxygens (including phenoxy) is 6. The zero-order valence-electron chi connectivity index (χ0n) is 24.8. The van der Waals surface area contributed by atoms with Crippen LogP contribution < -0.4 is 14.4 Å². The molecule has 42 heavy (non-hydrogen) atoms. The van der Waals surface area contributed by atoms with Gasteiger partial charge < -0.3 is 48.4 Å². The highest BCUT2D eigenvalue weighted by atomic mass is 16.5. The summed E-state index contributed by atoms with van der Waals surface area (Å²) in [4.78, 5) is 15.7. The molecule has 11 heteroatoms. The Morgan fingerprint density at radius 3 is 2.50 bits per heavy atom. The van der Waals surface area contributed by atoms with Crippen molar-refractivity contribution in [2.75, 3.05) is 78.3 Å². The molecule has 2 aliphatic rings. The SMILES string of the molecule is CCOc1ccc([C@@H]2[C@@H](OCc3ccc4c(c3)N(CCCOC)CCO4)CN(C(=O)O)C[C@H]2OCC(O)COC)cc1. The van der Waals surface area contributed by atoms with E-state index >= 15 is 0 Å². The zero-order chi connectivity index (χ0) is 29.9. The molecule has 2 aromatic rings. The van der Waals surface area contributed by atoms with Crippen molar-refractivity contribution in [2.24, 2.45) is 0 Å². The third-order valence-electron chi connectivity index (χ3n) is 7.53. The molecule has 2 N–H and O–H groups in total. The van der Waals surface area contributed by atoms with Gasteiger partial charge in [0.2, 0.25) is 0 Å². The Bertz CT molecular complexity index is 1120. The summed E-state index contributed by atoms with van der Waals surface area (Å²) < 4.78 is 34.5. The molecule has 232 valence electrons. The average molecular weight is 589 g/mol. The van der Waals surface area contributed by atoms with E-state index in [0.29, 0.717) is 19.8 Å². The maximum atomic E-state index is 12.1. The van der Waals surface area contributed by atoms with E-state index in [1.54, 1.807) is 7.11 Å². The highest BCUT2D eigenvalue weighted by Gasteiger charge is 2.41. The van der Waals surface area contributed by atoms with Gasteiger partial charge in [-0.05, 0) is 48.7 Å². The number of benzene rings is 2. The summed E-state index contributed by atoms with van der Waals surface area (Å²) in [6.45, 7) is 6.21. The second-order valence-corrected chi connectivity index (χ2v) is 10.5. The topological polar surface area (TPSA) is 119 Å². The van der Waals surface area contributed by atoms with E-state index in [2.05, 4.69) is 11.0 Å². The van der Waals surface area contributed by atoms with Crippen molar-refractivity contribution in [1.29, 1.82) is 0 Å². The predicted octanol–water partition coefficient (Wildman–Crippen LogP) is 3.38. The van der Waals surface area contributed by atoms with Crippen LogP contribution >= 0.6 is 0 Å². The molecule has 2 aliphatic heterocycles. The quantitative estimate of drug-likeness (QED) is 0.300. The van der Waals surface area contributed by atoms with Crippen LogP contribution in [-0.4, -0.2) is 113 Å². The average Bonchev–Trinajstić information content (AvgIpc) is 2.99. The van der Waals surface area contributed by atoms with Gasteiger partial charge in [0, 0.05) is 33.3 Å². The maximum absolute atomic E-state index is 12.1. The highest BCUT2D eigenvalue weighted by molar-refractivity contribution is 5.65. The number of hydrogen-bond donors (Lipinski definition) is 2. The molecule has 0 saturated carbocycles. The standard InChI is InChI=1S/C31H44N2O9/c1-4-39-25-9-7-23(8-10-25)30-28(17-33(31(35)36)18-29(30)42-21-24(34)20-38-3)41-19-22-6-11-27-26(16-22)32(13-15-40-27)12-5-14-37-2/h6-11,16,24,28-30,34H,4-5,12-15,17-21H2,1-3H3,(H,35,36)/t24?,28-,29+,30+/m0/s1. The van der Waals surface area contributed by atoms with E-state index in [1.165, 1.54) is 12.0 Å². The van der Waals surface area contributed by atoms with Crippen molar-refractivity contribution in [1.82, 2.24) is 4.90 Å². The number of anilines is 1. The van der Waals surface area contributed by atoms with E-state index in [0.717, 1.165) is 47.8 Å². The molecule has 0 aliphatic carbocycles. The number of piperidine rings is 1. The van der Waals surface area contributed by atoms with E-state index in [9.17, 15) is 15.0 Å². The summed E-state index contributed by atoms with van der Waals surface area (Å²) in [5, 5.41) is 20.2. The molecule has 2 aromatic carbocycles. The van der Waals surface area contributed by atoms with Crippen LogP contribution in [0.25, 0.3) is 0 Å². The van der Waals surface area contributed by atoms with Crippen molar-refractivity contribution in [3.8, 4) is 11.5 Å². The van der Waals surface area contributed by atoms with Gasteiger partial charge in [-0.25, -0.2) is 4.79 Å². The summed E-state index contributed by atoms with van der Waals surface area (Å²) in [5.74, 6) is 1.31. The number of fused-ring (bicyclic) bond motifs is 1. The van der Waals surface area contributed by atoms with Gasteiger partial charge in [0.05, 0.1) is 64.0 Å². The number of rotatable bonds is 15. The van der Waals surface area contributed by atoms with Gasteiger partial charge in [-0.1, -0.05) is 18.2 Å². The van der Waals surface area contributed by atoms with Crippen molar-refractivity contribution in [3.63, 3.8) is 0 Å². The number of amides is 1. The van der Waals surface area contributed by atoms with E-state index in [4.69, 9.17) is 28.4 Å². The molecule has 1 unspecified atom stereocenters. The Kier molecular flexibility index (Phi) is 12.1. The molecule has 0 radical (unpaired) electrons. The first-order valence-corrected chi connectivity index (χ1v) is 14.5. The van der Waals surface area contributed by atoms with Crippen LogP contribution in [0, 0.1) is 0 Å². The Labute approximate surface area is 247 Å². The molecule has 1 saturated heterocycles. The van der Waals surface area contributed by atoms with Crippen molar-refractivity contribution in [2.45, 2.75) is 44.2 Å². The summed E-state index contributed by atoms with van der Waals surface area (Å²) in [6.07, 6.45) is -2.01. The summed E-state index contributed by atoms with van der Waals surface area (Å²) in [7, 11) is 3.21. The lowest BCUT2D eigenvalue weighted by Crippen LogP contribution is -2.54. The Morgan fingerprint density at radius 1 is 1.05 bits per heavy atom. The minimum absolute atomic E-state index is 0.00986. The lowest BCUT2D eigenvalue weighted by Gasteiger charge is -2.43. The third-order valence-corrected chi connectivity index (χ3v) is 7.53. The summed E-state index contributed by atoms with van der Waals surface area (Å²) in [6, 6.07) is 13.8. The van der Waals surface area contributed by atoms with Crippen LogP contribution in [0.1, 0.15) is 30.4 Å². The van der Waals surface area contributed by atoms with Gasteiger partial charge in [-0.15, -0.1) is 0 Å². The van der Waals surface area contributed by atoms with Gasteiger partial charge in [0.1, 0.15) is 24.2 Å². The predicted molar refractivity (Wildman–Crippen MR) is 157 cm³/mol. The molecular weight excluding hydrogens is 544 g/mol. The maximum Gasteiger partial charge on any atom is 0.407 e. The Balaban J connectivity index is 1.56. The molecule has 0 aromatic heterocycles. The fraction of sp³-hybridized carbons (Fsp3) is 0.581. The lowest BCUT2D eigenvalue weighted by atomic mass is 9.84. The van der Waals surface area contributed by atoms with Gasteiger partial charge in [-0.3, -0.25) is 0 Å². The van der Waals surface area contributed by atoms with E-state index in [1.807, 2.05) is 43.3 Å². The minimum Gasteiger partial charge on any atom is -0.494 e. The van der Waals surface area contributed by atoms with Crippen molar-refractivity contribution in [3.05, 3.63) is 53.6 Å². The molecule has 0 spiro atoms. The van der Waals surface area contributed by atoms with Crippen LogP contribution in [-0.2, 0) is 25.6 Å². The second kappa shape index (κ2) is 15.9. The number of carboxylic acid groups (broad SMARTS) is 1. The molecule has 1 amide bonds. The lowest BCUT2D eigenvalue weighted by molar-refractivity contribution is -0.107. The first-order chi connectivity index (χ1) is 20.4. The van der Waals surface area contributed by atoms with Crippen LogP contribution in [0.15, 0.2) is 42.5 Å². The molecule has 2 heterocycles. The molecule has 1 fully saturated rings. The van der Waals surface area contributed by atoms with E-state index < -0.39 is 24.4 Å². The van der Waals surface area contributed by atoms with Crippen LogP contribution in [0.2, 0.25) is 0 Å².